The maximum Gasteiger partial charge on any atom is 0.417 e. The number of imide groups is 1. The van der Waals surface area contributed by atoms with Crippen molar-refractivity contribution in [1.29, 1.82) is 0 Å². The summed E-state index contributed by atoms with van der Waals surface area (Å²) in [4.78, 5) is 38.4. The summed E-state index contributed by atoms with van der Waals surface area (Å²) in [7, 11) is -3.80. The highest BCUT2D eigenvalue weighted by molar-refractivity contribution is 7.89. The van der Waals surface area contributed by atoms with Gasteiger partial charge >= 0.3 is 6.09 Å². The molecule has 1 aromatic rings. The highest BCUT2D eigenvalue weighted by Crippen LogP contribution is 2.22. The Morgan fingerprint density at radius 2 is 1.72 bits per heavy atom. The molecular formula is C15H17N3O6S. The molecule has 9 nitrogen and oxygen atoms in total. The minimum absolute atomic E-state index is 0.0613. The number of primary sulfonamides is 1. The monoisotopic (exact) mass is 367 g/mol. The fourth-order valence-electron chi connectivity index (χ4n) is 3.01. The Bertz CT molecular complexity index is 796. The van der Waals surface area contributed by atoms with Gasteiger partial charge in [-0.2, -0.15) is 0 Å². The van der Waals surface area contributed by atoms with Crippen LogP contribution in [0.15, 0.2) is 29.2 Å². The van der Waals surface area contributed by atoms with Crippen molar-refractivity contribution in [3.05, 3.63) is 29.8 Å². The minimum atomic E-state index is -3.80. The van der Waals surface area contributed by atoms with E-state index in [1.54, 1.807) is 4.90 Å². The lowest BCUT2D eigenvalue weighted by Crippen LogP contribution is -2.48. The minimum Gasteiger partial charge on any atom is -0.439 e. The number of nitrogens with zero attached hydrogens (tertiary/aromatic N) is 2. The van der Waals surface area contributed by atoms with Crippen LogP contribution in [0, 0.1) is 0 Å². The molecule has 0 spiro atoms. The molecular weight excluding hydrogens is 350 g/mol. The molecule has 1 aromatic carbocycles. The Morgan fingerprint density at radius 3 is 2.20 bits per heavy atom. The van der Waals surface area contributed by atoms with Crippen molar-refractivity contribution in [3.63, 3.8) is 0 Å². The van der Waals surface area contributed by atoms with Gasteiger partial charge in [0.15, 0.2) is 6.61 Å². The number of ether oxygens (including phenoxy) is 1. The third kappa shape index (κ3) is 3.49. The van der Waals surface area contributed by atoms with Crippen LogP contribution in [0.2, 0.25) is 0 Å². The standard InChI is InChI=1S/C15H17N3O6S/c16-25(22,23)12-3-1-10(2-4-12)14(20)17-7-5-11(6-8-17)18-13(19)9-24-15(18)21/h1-4,11H,5-9H2,(H2,16,22,23). The van der Waals surface area contributed by atoms with E-state index in [0.29, 0.717) is 31.5 Å². The third-order valence-electron chi connectivity index (χ3n) is 4.33. The van der Waals surface area contributed by atoms with E-state index in [-0.39, 0.29) is 29.4 Å². The molecule has 0 aliphatic carbocycles. The topological polar surface area (TPSA) is 127 Å². The molecule has 0 bridgehead atoms. The normalized spacial score (nSPS) is 19.2. The van der Waals surface area contributed by atoms with E-state index in [9.17, 15) is 22.8 Å². The Kier molecular flexibility index (Phi) is 4.48. The smallest absolute Gasteiger partial charge is 0.417 e. The SMILES string of the molecule is NS(=O)(=O)c1ccc(C(=O)N2CCC(N3C(=O)COC3=O)CC2)cc1. The van der Waals surface area contributed by atoms with E-state index in [1.807, 2.05) is 0 Å². The van der Waals surface area contributed by atoms with Crippen molar-refractivity contribution in [3.8, 4) is 0 Å². The highest BCUT2D eigenvalue weighted by atomic mass is 32.2. The molecule has 0 aromatic heterocycles. The first-order valence-corrected chi connectivity index (χ1v) is 9.23. The number of rotatable bonds is 3. The van der Waals surface area contributed by atoms with Gasteiger partial charge in [-0.05, 0) is 37.1 Å². The van der Waals surface area contributed by atoms with E-state index in [1.165, 1.54) is 24.3 Å². The number of amides is 3. The van der Waals surface area contributed by atoms with Gasteiger partial charge in [-0.3, -0.25) is 9.59 Å². The van der Waals surface area contributed by atoms with Gasteiger partial charge in [-0.15, -0.1) is 0 Å². The van der Waals surface area contributed by atoms with Crippen LogP contribution in [-0.2, 0) is 19.6 Å². The molecule has 2 saturated heterocycles. The molecule has 3 rings (SSSR count). The number of sulfonamides is 1. The number of piperidine rings is 1. The van der Waals surface area contributed by atoms with E-state index in [0.717, 1.165) is 4.90 Å². The third-order valence-corrected chi connectivity index (χ3v) is 5.26. The van der Waals surface area contributed by atoms with Crippen molar-refractivity contribution in [2.24, 2.45) is 5.14 Å². The molecule has 2 heterocycles. The van der Waals surface area contributed by atoms with Crippen molar-refractivity contribution >= 4 is 27.9 Å². The summed E-state index contributed by atoms with van der Waals surface area (Å²) >= 11 is 0. The zero-order valence-corrected chi connectivity index (χ0v) is 14.1. The molecule has 0 atom stereocenters. The van der Waals surface area contributed by atoms with Gasteiger partial charge in [0.1, 0.15) is 0 Å². The first kappa shape index (κ1) is 17.4. The van der Waals surface area contributed by atoms with Crippen LogP contribution in [0.5, 0.6) is 0 Å². The fourth-order valence-corrected chi connectivity index (χ4v) is 3.53. The second-order valence-corrected chi connectivity index (χ2v) is 7.47. The summed E-state index contributed by atoms with van der Waals surface area (Å²) in [5.74, 6) is -0.594. The van der Waals surface area contributed by atoms with Crippen LogP contribution in [0.4, 0.5) is 4.79 Å². The molecule has 2 aliphatic heterocycles. The largest absolute Gasteiger partial charge is 0.439 e. The van der Waals surface area contributed by atoms with Crippen LogP contribution in [0.1, 0.15) is 23.2 Å². The molecule has 3 amide bonds. The van der Waals surface area contributed by atoms with Crippen LogP contribution in [0.25, 0.3) is 0 Å². The van der Waals surface area contributed by atoms with Crippen molar-refractivity contribution in [2.45, 2.75) is 23.8 Å². The van der Waals surface area contributed by atoms with Crippen LogP contribution < -0.4 is 5.14 Å². The first-order chi connectivity index (χ1) is 11.8. The van der Waals surface area contributed by atoms with Crippen LogP contribution >= 0.6 is 0 Å². The number of likely N-dealkylation sites (tertiary alicyclic amines) is 1. The van der Waals surface area contributed by atoms with Gasteiger partial charge in [0.05, 0.1) is 4.90 Å². The molecule has 2 fully saturated rings. The second-order valence-electron chi connectivity index (χ2n) is 5.91. The van der Waals surface area contributed by atoms with Crippen molar-refractivity contribution in [1.82, 2.24) is 9.80 Å². The van der Waals surface area contributed by atoms with Gasteiger partial charge in [0.25, 0.3) is 11.8 Å². The zero-order chi connectivity index (χ0) is 18.2. The lowest BCUT2D eigenvalue weighted by Gasteiger charge is -2.34. The summed E-state index contributed by atoms with van der Waals surface area (Å²) in [6.45, 7) is 0.545. The van der Waals surface area contributed by atoms with Crippen molar-refractivity contribution in [2.75, 3.05) is 19.7 Å². The average molecular weight is 367 g/mol. The second kappa shape index (κ2) is 6.45. The van der Waals surface area contributed by atoms with Gasteiger partial charge in [-0.25, -0.2) is 23.3 Å². The number of cyclic esters (lactones) is 1. The van der Waals surface area contributed by atoms with Gasteiger partial charge in [0, 0.05) is 24.7 Å². The van der Waals surface area contributed by atoms with Gasteiger partial charge in [-0.1, -0.05) is 0 Å². The Labute approximate surface area is 144 Å². The first-order valence-electron chi connectivity index (χ1n) is 7.68. The van der Waals surface area contributed by atoms with E-state index >= 15 is 0 Å². The summed E-state index contributed by atoms with van der Waals surface area (Å²) in [5, 5.41) is 5.03. The Balaban J connectivity index is 1.64. The highest BCUT2D eigenvalue weighted by Gasteiger charge is 2.39. The molecule has 2 N–H and O–H groups in total. The molecule has 25 heavy (non-hydrogen) atoms. The number of nitrogens with two attached hydrogens (primary N) is 1. The van der Waals surface area contributed by atoms with E-state index in [2.05, 4.69) is 0 Å². The van der Waals surface area contributed by atoms with Crippen LogP contribution in [-0.4, -0.2) is 61.9 Å². The molecule has 10 heteroatoms. The number of hydrogen-bond donors (Lipinski definition) is 1. The molecule has 0 saturated carbocycles. The summed E-state index contributed by atoms with van der Waals surface area (Å²) in [6, 6.07) is 5.13. The zero-order valence-electron chi connectivity index (χ0n) is 13.3. The molecule has 134 valence electrons. The van der Waals surface area contributed by atoms with Gasteiger partial charge in [0.2, 0.25) is 10.0 Å². The summed E-state index contributed by atoms with van der Waals surface area (Å²) in [5.41, 5.74) is 0.350. The van der Waals surface area contributed by atoms with E-state index in [4.69, 9.17) is 9.88 Å². The van der Waals surface area contributed by atoms with Crippen molar-refractivity contribution < 1.29 is 27.5 Å². The molecule has 0 radical (unpaired) electrons. The number of carbonyl (C=O) groups is 3. The van der Waals surface area contributed by atoms with E-state index < -0.39 is 16.1 Å². The Hall–Kier alpha value is -2.46. The number of benzene rings is 1. The lowest BCUT2D eigenvalue weighted by molar-refractivity contribution is -0.127. The fraction of sp³-hybridized carbons (Fsp3) is 0.400. The molecule has 2 aliphatic rings. The Morgan fingerprint density at radius 1 is 1.12 bits per heavy atom. The maximum atomic E-state index is 12.5. The summed E-state index contributed by atoms with van der Waals surface area (Å²) in [6.07, 6.45) is 0.317. The lowest BCUT2D eigenvalue weighted by atomic mass is 10.0. The molecule has 0 unspecified atom stereocenters. The quantitative estimate of drug-likeness (QED) is 0.796. The maximum absolute atomic E-state index is 12.5. The summed E-state index contributed by atoms with van der Waals surface area (Å²) < 4.78 is 27.2. The average Bonchev–Trinajstić information content (AvgIpc) is 2.92. The predicted molar refractivity (Wildman–Crippen MR) is 84.9 cm³/mol. The van der Waals surface area contributed by atoms with Gasteiger partial charge < -0.3 is 9.64 Å². The number of hydrogen-bond acceptors (Lipinski definition) is 6. The number of carbonyl (C=O) groups excluding carboxylic acids is 3. The van der Waals surface area contributed by atoms with Crippen LogP contribution in [0.3, 0.4) is 0 Å². The predicted octanol–water partition coefficient (Wildman–Crippen LogP) is -0.0826.